The average Bonchev–Trinajstić information content (AvgIpc) is 3.23. The highest BCUT2D eigenvalue weighted by Gasteiger charge is 2.39. The molecule has 0 amide bonds. The van der Waals surface area contributed by atoms with Crippen molar-refractivity contribution in [3.8, 4) is 11.1 Å². The molecule has 27 heavy (non-hydrogen) atoms. The van der Waals surface area contributed by atoms with Gasteiger partial charge in [-0.1, -0.05) is 28.4 Å². The molecule has 1 unspecified atom stereocenters. The third-order valence-corrected chi connectivity index (χ3v) is 4.87. The van der Waals surface area contributed by atoms with E-state index in [1.54, 1.807) is 4.70 Å². The second-order valence-electron chi connectivity index (χ2n) is 6.41. The van der Waals surface area contributed by atoms with Crippen molar-refractivity contribution >= 4 is 34.6 Å². The second-order valence-corrected chi connectivity index (χ2v) is 6.85. The standard InChI is InChI=1S/C20H17ClN3O3/c1-12(25)19-16-6-7-23-10-14(13-4-3-5-15(21)8-13)9-17(23)20(16)24(22-19)11-18(26)27-2/h3-10,19H,11H2,1-2H3/q+1. The summed E-state index contributed by atoms with van der Waals surface area (Å²) in [4.78, 5) is 23.9. The number of ether oxygens (including phenoxy) is 1. The van der Waals surface area contributed by atoms with E-state index in [9.17, 15) is 9.59 Å². The normalized spacial score (nSPS) is 15.5. The number of methoxy groups -OCH3 is 1. The molecule has 3 heterocycles. The largest absolute Gasteiger partial charge is 0.464 e. The lowest BCUT2D eigenvalue weighted by molar-refractivity contribution is -0.498. The van der Waals surface area contributed by atoms with E-state index in [-0.39, 0.29) is 12.3 Å². The highest BCUT2D eigenvalue weighted by molar-refractivity contribution is 6.30. The Hall–Kier alpha value is -2.99. The predicted octanol–water partition coefficient (Wildman–Crippen LogP) is 4.17. The molecule has 0 bridgehead atoms. The zero-order chi connectivity index (χ0) is 19.1. The van der Waals surface area contributed by atoms with E-state index >= 15 is 0 Å². The SMILES string of the molecule is COC(=O)C[N+]1=NC(C(C)=O)c2ccn3cc(-c4cccc(Cl)c4)cc3c21. The molecule has 1 aliphatic rings. The van der Waals surface area contributed by atoms with Crippen LogP contribution >= 0.6 is 11.6 Å². The number of carbonyl (C=O) groups excluding carboxylic acids is 2. The molecule has 4 rings (SSSR count). The number of carbonyl (C=O) groups is 2. The number of hydrogen-bond acceptors (Lipinski definition) is 4. The molecule has 2 aromatic heterocycles. The lowest BCUT2D eigenvalue weighted by Crippen LogP contribution is -2.16. The van der Waals surface area contributed by atoms with Gasteiger partial charge in [-0.25, -0.2) is 4.79 Å². The molecule has 0 N–H and O–H groups in total. The van der Waals surface area contributed by atoms with Crippen LogP contribution in [0.4, 0.5) is 5.69 Å². The Morgan fingerprint density at radius 3 is 2.78 bits per heavy atom. The highest BCUT2D eigenvalue weighted by atomic mass is 35.5. The molecule has 1 atom stereocenters. The zero-order valence-corrected chi connectivity index (χ0v) is 15.6. The van der Waals surface area contributed by atoms with Gasteiger partial charge in [0.25, 0.3) is 12.2 Å². The third-order valence-electron chi connectivity index (χ3n) is 4.64. The molecule has 1 aromatic carbocycles. The van der Waals surface area contributed by atoms with Crippen molar-refractivity contribution in [1.29, 1.82) is 0 Å². The summed E-state index contributed by atoms with van der Waals surface area (Å²) in [5, 5.41) is 5.10. The van der Waals surface area contributed by atoms with Crippen LogP contribution in [-0.2, 0) is 14.3 Å². The van der Waals surface area contributed by atoms with Crippen LogP contribution in [0.3, 0.4) is 0 Å². The van der Waals surface area contributed by atoms with Gasteiger partial charge in [0.05, 0.1) is 12.7 Å². The maximum atomic E-state index is 12.1. The fourth-order valence-corrected chi connectivity index (χ4v) is 3.56. The molecule has 0 fully saturated rings. The van der Waals surface area contributed by atoms with Crippen LogP contribution in [-0.4, -0.2) is 34.5 Å². The first kappa shape index (κ1) is 17.4. The van der Waals surface area contributed by atoms with Crippen molar-refractivity contribution in [2.75, 3.05) is 13.7 Å². The first-order valence-corrected chi connectivity index (χ1v) is 8.82. The van der Waals surface area contributed by atoms with E-state index in [2.05, 4.69) is 5.11 Å². The Labute approximate surface area is 160 Å². The summed E-state index contributed by atoms with van der Waals surface area (Å²) in [6.07, 6.45) is 3.88. The van der Waals surface area contributed by atoms with Crippen LogP contribution in [0.1, 0.15) is 18.5 Å². The van der Waals surface area contributed by atoms with E-state index in [4.69, 9.17) is 16.3 Å². The number of aromatic nitrogens is 1. The second kappa shape index (κ2) is 6.63. The van der Waals surface area contributed by atoms with Crippen molar-refractivity contribution in [3.05, 3.63) is 59.4 Å². The van der Waals surface area contributed by atoms with E-state index in [0.717, 1.165) is 27.9 Å². The summed E-state index contributed by atoms with van der Waals surface area (Å²) in [5.41, 5.74) is 4.36. The van der Waals surface area contributed by atoms with Crippen molar-refractivity contribution in [3.63, 3.8) is 0 Å². The molecule has 3 aromatic rings. The zero-order valence-electron chi connectivity index (χ0n) is 14.8. The van der Waals surface area contributed by atoms with Crippen LogP contribution in [0.2, 0.25) is 5.02 Å². The minimum Gasteiger partial charge on any atom is -0.464 e. The van der Waals surface area contributed by atoms with Gasteiger partial charge in [0.1, 0.15) is 5.52 Å². The number of benzene rings is 1. The van der Waals surface area contributed by atoms with Crippen molar-refractivity contribution in [2.45, 2.75) is 13.0 Å². The fraction of sp³-hybridized carbons (Fsp3) is 0.200. The summed E-state index contributed by atoms with van der Waals surface area (Å²) in [6.45, 7) is 1.45. The lowest BCUT2D eigenvalue weighted by atomic mass is 10.0. The first-order chi connectivity index (χ1) is 13.0. The molecule has 0 aliphatic carbocycles. The molecule has 1 aliphatic heterocycles. The number of pyridine rings is 1. The van der Waals surface area contributed by atoms with Gasteiger partial charge in [-0.15, -0.1) is 0 Å². The summed E-state index contributed by atoms with van der Waals surface area (Å²) in [7, 11) is 1.33. The smallest absolute Gasteiger partial charge is 0.374 e. The van der Waals surface area contributed by atoms with Crippen molar-refractivity contribution < 1.29 is 19.0 Å². The van der Waals surface area contributed by atoms with Gasteiger partial charge >= 0.3 is 5.97 Å². The number of nitrogens with zero attached hydrogens (tertiary/aromatic N) is 3. The maximum absolute atomic E-state index is 12.1. The monoisotopic (exact) mass is 382 g/mol. The summed E-state index contributed by atoms with van der Waals surface area (Å²) in [5.74, 6) is -0.493. The van der Waals surface area contributed by atoms with Gasteiger partial charge in [0.2, 0.25) is 6.04 Å². The van der Waals surface area contributed by atoms with Crippen LogP contribution in [0.25, 0.3) is 16.6 Å². The van der Waals surface area contributed by atoms with Gasteiger partial charge in [0.15, 0.2) is 5.78 Å². The molecule has 0 radical (unpaired) electrons. The molecular formula is C20H17ClN3O3+. The number of ketones is 1. The van der Waals surface area contributed by atoms with Crippen LogP contribution in [0, 0.1) is 0 Å². The average molecular weight is 383 g/mol. The number of esters is 1. The maximum Gasteiger partial charge on any atom is 0.374 e. The Morgan fingerprint density at radius 2 is 2.07 bits per heavy atom. The minimum absolute atomic E-state index is 0.0510. The number of azo groups is 2. The van der Waals surface area contributed by atoms with E-state index in [0.29, 0.717) is 5.02 Å². The van der Waals surface area contributed by atoms with E-state index in [1.807, 2.05) is 53.2 Å². The molecule has 0 saturated carbocycles. The first-order valence-electron chi connectivity index (χ1n) is 8.44. The Bertz CT molecular complexity index is 1120. The molecule has 7 heteroatoms. The predicted molar refractivity (Wildman–Crippen MR) is 100 cm³/mol. The number of halogens is 1. The minimum atomic E-state index is -0.612. The fourth-order valence-electron chi connectivity index (χ4n) is 3.37. The lowest BCUT2D eigenvalue weighted by Gasteiger charge is -2.01. The molecule has 6 nitrogen and oxygen atoms in total. The molecule has 0 saturated heterocycles. The third kappa shape index (κ3) is 3.02. The van der Waals surface area contributed by atoms with Crippen LogP contribution in [0.5, 0.6) is 0 Å². The highest BCUT2D eigenvalue weighted by Crippen LogP contribution is 2.40. The van der Waals surface area contributed by atoms with Crippen LogP contribution in [0.15, 0.2) is 53.9 Å². The van der Waals surface area contributed by atoms with Gasteiger partial charge in [-0.05, 0) is 41.9 Å². The molecule has 136 valence electrons. The number of Topliss-reactive ketones (excluding diaryl/α,β-unsaturated/α-hetero) is 1. The van der Waals surface area contributed by atoms with Crippen LogP contribution < -0.4 is 0 Å². The number of hydrogen-bond donors (Lipinski definition) is 0. The molecule has 0 spiro atoms. The van der Waals surface area contributed by atoms with Crippen molar-refractivity contribution in [1.82, 2.24) is 4.40 Å². The van der Waals surface area contributed by atoms with Gasteiger partial charge in [-0.2, -0.15) is 0 Å². The van der Waals surface area contributed by atoms with Gasteiger partial charge in [-0.3, -0.25) is 4.79 Å². The Balaban J connectivity index is 1.89. The van der Waals surface area contributed by atoms with Gasteiger partial charge in [0, 0.05) is 23.0 Å². The quantitative estimate of drug-likeness (QED) is 0.502. The number of rotatable bonds is 4. The van der Waals surface area contributed by atoms with Gasteiger partial charge < -0.3 is 9.14 Å². The number of fused-ring (bicyclic) bond motifs is 3. The summed E-state index contributed by atoms with van der Waals surface area (Å²) >= 11 is 6.12. The van der Waals surface area contributed by atoms with Crippen molar-refractivity contribution in [2.24, 2.45) is 5.11 Å². The molecular weight excluding hydrogens is 366 g/mol. The van der Waals surface area contributed by atoms with E-state index < -0.39 is 12.0 Å². The van der Waals surface area contributed by atoms with E-state index in [1.165, 1.54) is 14.0 Å². The summed E-state index contributed by atoms with van der Waals surface area (Å²) in [6, 6.07) is 10.9. The Morgan fingerprint density at radius 1 is 1.26 bits per heavy atom. The summed E-state index contributed by atoms with van der Waals surface area (Å²) < 4.78 is 8.29. The topological polar surface area (TPSA) is 63.2 Å². The Kier molecular flexibility index (Phi) is 4.28.